The number of aryl methyl sites for hydroxylation is 2. The van der Waals surface area contributed by atoms with Crippen LogP contribution in [0.15, 0.2) is 48.5 Å². The molecule has 26 heavy (non-hydrogen) atoms. The maximum absolute atomic E-state index is 12.2. The number of ether oxygens (including phenoxy) is 2. The fraction of sp³-hybridized carbons (Fsp3) is 0.300. The number of hydrogen-bond acceptors (Lipinski definition) is 4. The number of carbonyl (C=O) groups is 2. The van der Waals surface area contributed by atoms with Crippen LogP contribution >= 0.6 is 0 Å². The molecule has 1 atom stereocenters. The van der Waals surface area contributed by atoms with Gasteiger partial charge in [0, 0.05) is 0 Å². The van der Waals surface area contributed by atoms with Gasteiger partial charge in [-0.15, -0.1) is 0 Å². The monoisotopic (exact) mass is 356 g/mol. The number of nitrogens with one attached hydrogen (secondary N) is 2. The second-order valence-corrected chi connectivity index (χ2v) is 5.92. The molecule has 0 aliphatic carbocycles. The lowest BCUT2D eigenvalue weighted by Gasteiger charge is -2.17. The maximum Gasteiger partial charge on any atom is 0.279 e. The normalized spacial score (nSPS) is 11.3. The van der Waals surface area contributed by atoms with Crippen molar-refractivity contribution in [3.63, 3.8) is 0 Å². The molecule has 0 aliphatic heterocycles. The number of amides is 2. The van der Waals surface area contributed by atoms with Crippen LogP contribution in [-0.4, -0.2) is 24.5 Å². The van der Waals surface area contributed by atoms with E-state index in [1.807, 2.05) is 57.2 Å². The third kappa shape index (κ3) is 5.81. The van der Waals surface area contributed by atoms with Crippen LogP contribution in [-0.2, 0) is 9.59 Å². The largest absolute Gasteiger partial charge is 0.483 e. The van der Waals surface area contributed by atoms with Gasteiger partial charge >= 0.3 is 0 Å². The van der Waals surface area contributed by atoms with E-state index >= 15 is 0 Å². The molecule has 2 amide bonds. The number of hydrogen-bond donors (Lipinski definition) is 2. The van der Waals surface area contributed by atoms with Gasteiger partial charge in [0.05, 0.1) is 0 Å². The summed E-state index contributed by atoms with van der Waals surface area (Å²) in [7, 11) is 0. The first-order valence-electron chi connectivity index (χ1n) is 8.50. The van der Waals surface area contributed by atoms with Crippen LogP contribution in [0.1, 0.15) is 24.5 Å². The average Bonchev–Trinajstić information content (AvgIpc) is 2.64. The van der Waals surface area contributed by atoms with E-state index in [0.29, 0.717) is 17.9 Å². The van der Waals surface area contributed by atoms with Gasteiger partial charge in [0.15, 0.2) is 12.7 Å². The molecule has 0 aliphatic rings. The van der Waals surface area contributed by atoms with Gasteiger partial charge in [-0.3, -0.25) is 20.4 Å². The van der Waals surface area contributed by atoms with E-state index in [9.17, 15) is 9.59 Å². The van der Waals surface area contributed by atoms with Crippen molar-refractivity contribution in [3.05, 3.63) is 59.7 Å². The number of benzene rings is 2. The Balaban J connectivity index is 1.79. The molecule has 2 N–H and O–H groups in total. The summed E-state index contributed by atoms with van der Waals surface area (Å²) in [5, 5.41) is 0. The molecule has 2 aromatic rings. The smallest absolute Gasteiger partial charge is 0.279 e. The summed E-state index contributed by atoms with van der Waals surface area (Å²) in [6.45, 7) is 5.54. The Kier molecular flexibility index (Phi) is 7.02. The zero-order chi connectivity index (χ0) is 18.9. The van der Waals surface area contributed by atoms with Gasteiger partial charge < -0.3 is 9.47 Å². The van der Waals surface area contributed by atoms with Crippen LogP contribution in [0.25, 0.3) is 0 Å². The predicted molar refractivity (Wildman–Crippen MR) is 98.8 cm³/mol. The van der Waals surface area contributed by atoms with Crippen molar-refractivity contribution in [2.45, 2.75) is 33.3 Å². The van der Waals surface area contributed by atoms with Crippen LogP contribution in [0.3, 0.4) is 0 Å². The third-order valence-electron chi connectivity index (χ3n) is 3.70. The summed E-state index contributed by atoms with van der Waals surface area (Å²) < 4.78 is 11.1. The highest BCUT2D eigenvalue weighted by Gasteiger charge is 2.19. The molecule has 1 unspecified atom stereocenters. The number of carbonyl (C=O) groups excluding carboxylic acids is 2. The molecule has 0 radical (unpaired) electrons. The Morgan fingerprint density at radius 2 is 1.77 bits per heavy atom. The Labute approximate surface area is 153 Å². The van der Waals surface area contributed by atoms with Crippen molar-refractivity contribution in [1.82, 2.24) is 10.9 Å². The van der Waals surface area contributed by atoms with Crippen molar-refractivity contribution in [2.24, 2.45) is 0 Å². The van der Waals surface area contributed by atoms with E-state index in [1.165, 1.54) is 0 Å². The molecule has 2 aromatic carbocycles. The maximum atomic E-state index is 12.2. The highest BCUT2D eigenvalue weighted by molar-refractivity contribution is 5.85. The molecule has 138 valence electrons. The van der Waals surface area contributed by atoms with E-state index < -0.39 is 17.9 Å². The summed E-state index contributed by atoms with van der Waals surface area (Å²) in [5.41, 5.74) is 6.78. The standard InChI is InChI=1S/C20H24N2O4/c1-4-17(26-16-8-6-5-7-9-16)20(24)22-21-19(23)13-25-18-11-10-14(2)12-15(18)3/h5-12,17H,4,13H2,1-3H3,(H,21,23)(H,22,24). The Bertz CT molecular complexity index is 747. The lowest BCUT2D eigenvalue weighted by molar-refractivity contribution is -0.134. The highest BCUT2D eigenvalue weighted by atomic mass is 16.5. The molecular weight excluding hydrogens is 332 g/mol. The number of hydrazine groups is 1. The van der Waals surface area contributed by atoms with E-state index in [2.05, 4.69) is 10.9 Å². The van der Waals surface area contributed by atoms with E-state index in [-0.39, 0.29) is 6.61 Å². The third-order valence-corrected chi connectivity index (χ3v) is 3.70. The number of para-hydroxylation sites is 1. The quantitative estimate of drug-likeness (QED) is 0.748. The van der Waals surface area contributed by atoms with Crippen LogP contribution in [0.2, 0.25) is 0 Å². The Morgan fingerprint density at radius 3 is 2.42 bits per heavy atom. The Morgan fingerprint density at radius 1 is 1.04 bits per heavy atom. The van der Waals surface area contributed by atoms with E-state index in [4.69, 9.17) is 9.47 Å². The minimum absolute atomic E-state index is 0.194. The summed E-state index contributed by atoms with van der Waals surface area (Å²) in [6, 6.07) is 14.8. The molecule has 0 fully saturated rings. The molecule has 6 nitrogen and oxygen atoms in total. The lowest BCUT2D eigenvalue weighted by Crippen LogP contribution is -2.49. The van der Waals surface area contributed by atoms with Crippen molar-refractivity contribution in [3.8, 4) is 11.5 Å². The predicted octanol–water partition coefficient (Wildman–Crippen LogP) is 2.69. The zero-order valence-electron chi connectivity index (χ0n) is 15.2. The molecule has 0 bridgehead atoms. The van der Waals surface area contributed by atoms with Gasteiger partial charge in [0.25, 0.3) is 11.8 Å². The summed E-state index contributed by atoms with van der Waals surface area (Å²) in [5.74, 6) is 0.360. The van der Waals surface area contributed by atoms with Gasteiger partial charge in [0.2, 0.25) is 0 Å². The van der Waals surface area contributed by atoms with Crippen LogP contribution in [0.5, 0.6) is 11.5 Å². The summed E-state index contributed by atoms with van der Waals surface area (Å²) in [4.78, 5) is 24.0. The van der Waals surface area contributed by atoms with Gasteiger partial charge in [-0.1, -0.05) is 42.8 Å². The van der Waals surface area contributed by atoms with Crippen molar-refractivity contribution >= 4 is 11.8 Å². The first-order chi connectivity index (χ1) is 12.5. The summed E-state index contributed by atoms with van der Waals surface area (Å²) in [6.07, 6.45) is -0.228. The fourth-order valence-corrected chi connectivity index (χ4v) is 2.34. The van der Waals surface area contributed by atoms with Gasteiger partial charge in [0.1, 0.15) is 11.5 Å². The molecule has 6 heteroatoms. The number of rotatable bonds is 7. The van der Waals surface area contributed by atoms with Crippen molar-refractivity contribution in [2.75, 3.05) is 6.61 Å². The van der Waals surface area contributed by atoms with E-state index in [0.717, 1.165) is 11.1 Å². The van der Waals surface area contributed by atoms with Crippen molar-refractivity contribution in [1.29, 1.82) is 0 Å². The van der Waals surface area contributed by atoms with Crippen LogP contribution in [0, 0.1) is 13.8 Å². The lowest BCUT2D eigenvalue weighted by atomic mass is 10.1. The first-order valence-corrected chi connectivity index (χ1v) is 8.50. The van der Waals surface area contributed by atoms with Gasteiger partial charge in [-0.05, 0) is 44.0 Å². The van der Waals surface area contributed by atoms with E-state index in [1.54, 1.807) is 12.1 Å². The second kappa shape index (κ2) is 9.46. The highest BCUT2D eigenvalue weighted by Crippen LogP contribution is 2.18. The Hall–Kier alpha value is -3.02. The average molecular weight is 356 g/mol. The van der Waals surface area contributed by atoms with Crippen molar-refractivity contribution < 1.29 is 19.1 Å². The minimum atomic E-state index is -0.696. The topological polar surface area (TPSA) is 76.7 Å². The minimum Gasteiger partial charge on any atom is -0.483 e. The molecule has 0 heterocycles. The summed E-state index contributed by atoms with van der Waals surface area (Å²) >= 11 is 0. The first kappa shape index (κ1) is 19.3. The van der Waals surface area contributed by atoms with Gasteiger partial charge in [-0.2, -0.15) is 0 Å². The fourth-order valence-electron chi connectivity index (χ4n) is 2.34. The van der Waals surface area contributed by atoms with Crippen LogP contribution in [0.4, 0.5) is 0 Å². The molecular formula is C20H24N2O4. The van der Waals surface area contributed by atoms with Gasteiger partial charge in [-0.25, -0.2) is 0 Å². The molecule has 0 spiro atoms. The zero-order valence-corrected chi connectivity index (χ0v) is 15.2. The van der Waals surface area contributed by atoms with Crippen LogP contribution < -0.4 is 20.3 Å². The molecule has 0 aromatic heterocycles. The SMILES string of the molecule is CCC(Oc1ccccc1)C(=O)NNC(=O)COc1ccc(C)cc1C. The molecule has 0 saturated heterocycles. The molecule has 2 rings (SSSR count). The molecule has 0 saturated carbocycles. The second-order valence-electron chi connectivity index (χ2n) is 5.92.